The Labute approximate surface area is 198 Å². The van der Waals surface area contributed by atoms with Crippen LogP contribution in [0, 0.1) is 34.5 Å². The van der Waals surface area contributed by atoms with Gasteiger partial charge in [-0.15, -0.1) is 0 Å². The van der Waals surface area contributed by atoms with Crippen LogP contribution in [0.1, 0.15) is 72.6 Å². The van der Waals surface area contributed by atoms with Crippen molar-refractivity contribution >= 4 is 17.7 Å². The zero-order valence-corrected chi connectivity index (χ0v) is 20.2. The first-order valence-electron chi connectivity index (χ1n) is 12.2. The molecule has 4 rings (SSSR count). The second kappa shape index (κ2) is 7.95. The van der Waals surface area contributed by atoms with Crippen LogP contribution in [0.25, 0.3) is 0 Å². The predicted molar refractivity (Wildman–Crippen MR) is 120 cm³/mol. The minimum atomic E-state index is -5.01. The van der Waals surface area contributed by atoms with Crippen LogP contribution in [0.4, 0.5) is 13.2 Å². The largest absolute Gasteiger partial charge is 0.478 e. The first-order chi connectivity index (χ1) is 15.6. The lowest BCUT2D eigenvalue weighted by Gasteiger charge is -2.57. The van der Waals surface area contributed by atoms with E-state index in [2.05, 4.69) is 25.2 Å². The van der Waals surface area contributed by atoms with Crippen molar-refractivity contribution in [2.24, 2.45) is 34.5 Å². The zero-order valence-electron chi connectivity index (χ0n) is 20.2. The highest BCUT2D eigenvalue weighted by atomic mass is 19.4. The number of rotatable bonds is 4. The summed E-state index contributed by atoms with van der Waals surface area (Å²) in [6.07, 6.45) is 4.30. The molecule has 0 heterocycles. The van der Waals surface area contributed by atoms with Crippen molar-refractivity contribution in [2.45, 2.75) is 84.4 Å². The molecule has 0 bridgehead atoms. The summed E-state index contributed by atoms with van der Waals surface area (Å²) < 4.78 is 39.0. The van der Waals surface area contributed by atoms with E-state index in [1.807, 2.05) is 6.08 Å². The first kappa shape index (κ1) is 25.0. The standard InChI is InChI=1S/C26H34F3NO4/c1-23(2,22(34)26(27,28)29)30-20(31)19-8-7-17-16-6-5-15-13-14(21(32)33)9-11-24(15,3)18(16)10-12-25(17,19)4/h5,13,16-19H,6-12H2,1-4H3,(H,30,31)(H,32,33)/t16-,17-,18-,19+,24-,25-/m0/s1. The lowest BCUT2D eigenvalue weighted by atomic mass is 9.48. The van der Waals surface area contributed by atoms with E-state index in [9.17, 15) is 32.7 Å². The number of Topliss-reactive ketones (excluding diaryl/α,β-unsaturated/α-hetero) is 1. The van der Waals surface area contributed by atoms with Gasteiger partial charge in [-0.05, 0) is 99.0 Å². The van der Waals surface area contributed by atoms with Crippen LogP contribution in [-0.4, -0.2) is 34.5 Å². The van der Waals surface area contributed by atoms with E-state index in [0.29, 0.717) is 30.3 Å². The third-order valence-corrected chi connectivity index (χ3v) is 9.62. The summed E-state index contributed by atoms with van der Waals surface area (Å²) in [7, 11) is 0. The van der Waals surface area contributed by atoms with Crippen molar-refractivity contribution in [1.82, 2.24) is 5.32 Å². The van der Waals surface area contributed by atoms with Gasteiger partial charge in [-0.1, -0.05) is 19.9 Å². The molecule has 8 heteroatoms. The molecule has 6 atom stereocenters. The minimum Gasteiger partial charge on any atom is -0.478 e. The van der Waals surface area contributed by atoms with E-state index in [1.165, 1.54) is 0 Å². The Hall–Kier alpha value is -2.12. The van der Waals surface area contributed by atoms with Gasteiger partial charge < -0.3 is 10.4 Å². The van der Waals surface area contributed by atoms with Crippen molar-refractivity contribution in [3.8, 4) is 0 Å². The number of carboxylic acids is 1. The number of amides is 1. The van der Waals surface area contributed by atoms with E-state index in [1.54, 1.807) is 0 Å². The maximum atomic E-state index is 13.2. The number of carbonyl (C=O) groups is 3. The summed E-state index contributed by atoms with van der Waals surface area (Å²) in [6, 6.07) is 0. The number of ketones is 1. The van der Waals surface area contributed by atoms with Gasteiger partial charge >= 0.3 is 12.1 Å². The molecule has 2 N–H and O–H groups in total. The van der Waals surface area contributed by atoms with Crippen LogP contribution in [0.15, 0.2) is 23.3 Å². The Morgan fingerprint density at radius 2 is 1.74 bits per heavy atom. The Kier molecular flexibility index (Phi) is 5.84. The van der Waals surface area contributed by atoms with Crippen molar-refractivity contribution in [3.05, 3.63) is 23.3 Å². The van der Waals surface area contributed by atoms with E-state index in [-0.39, 0.29) is 16.7 Å². The fraction of sp³-hybridized carbons (Fsp3) is 0.731. The fourth-order valence-corrected chi connectivity index (χ4v) is 7.73. The van der Waals surface area contributed by atoms with Crippen molar-refractivity contribution in [2.75, 3.05) is 0 Å². The van der Waals surface area contributed by atoms with E-state index >= 15 is 0 Å². The number of carbonyl (C=O) groups excluding carboxylic acids is 2. The highest BCUT2D eigenvalue weighted by Gasteiger charge is 2.60. The number of hydrogen-bond donors (Lipinski definition) is 2. The highest BCUT2D eigenvalue weighted by Crippen LogP contribution is 2.66. The number of carboxylic acid groups (broad SMARTS) is 1. The molecule has 0 saturated heterocycles. The van der Waals surface area contributed by atoms with Crippen LogP contribution >= 0.6 is 0 Å². The maximum absolute atomic E-state index is 13.2. The number of nitrogens with one attached hydrogen (secondary N) is 1. The molecule has 5 nitrogen and oxygen atoms in total. The molecule has 0 aliphatic heterocycles. The molecule has 4 aliphatic carbocycles. The van der Waals surface area contributed by atoms with E-state index in [4.69, 9.17) is 0 Å². The number of alkyl halides is 3. The van der Waals surface area contributed by atoms with Crippen LogP contribution in [0.2, 0.25) is 0 Å². The normalized spacial score (nSPS) is 37.5. The minimum absolute atomic E-state index is 0.0926. The molecule has 2 fully saturated rings. The summed E-state index contributed by atoms with van der Waals surface area (Å²) in [4.78, 5) is 36.5. The zero-order chi connectivity index (χ0) is 25.3. The lowest BCUT2D eigenvalue weighted by molar-refractivity contribution is -0.177. The van der Waals surface area contributed by atoms with Gasteiger partial charge in [0, 0.05) is 11.5 Å². The Morgan fingerprint density at radius 3 is 2.35 bits per heavy atom. The van der Waals surface area contributed by atoms with Crippen LogP contribution in [0.3, 0.4) is 0 Å². The monoisotopic (exact) mass is 481 g/mol. The smallest absolute Gasteiger partial charge is 0.452 e. The molecule has 1 amide bonds. The predicted octanol–water partition coefficient (Wildman–Crippen LogP) is 5.21. The molecule has 0 radical (unpaired) electrons. The molecule has 0 unspecified atom stereocenters. The summed E-state index contributed by atoms with van der Waals surface area (Å²) >= 11 is 0. The third kappa shape index (κ3) is 3.81. The molecule has 0 spiro atoms. The second-order valence-corrected chi connectivity index (χ2v) is 11.8. The number of fused-ring (bicyclic) bond motifs is 5. The lowest BCUT2D eigenvalue weighted by Crippen LogP contribution is -2.58. The average Bonchev–Trinajstić information content (AvgIpc) is 3.08. The summed E-state index contributed by atoms with van der Waals surface area (Å²) in [5.41, 5.74) is -0.865. The summed E-state index contributed by atoms with van der Waals surface area (Å²) in [6.45, 7) is 6.55. The molecule has 0 aromatic heterocycles. The molecular formula is C26H34F3NO4. The Balaban J connectivity index is 1.55. The molecule has 4 aliphatic rings. The van der Waals surface area contributed by atoms with Gasteiger partial charge in [0.25, 0.3) is 5.78 Å². The van der Waals surface area contributed by atoms with Gasteiger partial charge in [-0.25, -0.2) is 4.79 Å². The number of halogens is 3. The van der Waals surface area contributed by atoms with Gasteiger partial charge in [0.05, 0.1) is 0 Å². The van der Waals surface area contributed by atoms with Crippen LogP contribution < -0.4 is 5.32 Å². The first-order valence-corrected chi connectivity index (χ1v) is 12.2. The Morgan fingerprint density at radius 1 is 1.06 bits per heavy atom. The number of allylic oxidation sites excluding steroid dienone is 3. The van der Waals surface area contributed by atoms with Crippen LogP contribution in [-0.2, 0) is 14.4 Å². The molecule has 2 saturated carbocycles. The van der Waals surface area contributed by atoms with Gasteiger partial charge in [0.15, 0.2) is 0 Å². The molecule has 0 aromatic carbocycles. The maximum Gasteiger partial charge on any atom is 0.452 e. The topological polar surface area (TPSA) is 83.5 Å². The molecule has 0 aromatic rings. The molecular weight excluding hydrogens is 447 g/mol. The highest BCUT2D eigenvalue weighted by molar-refractivity contribution is 5.96. The van der Waals surface area contributed by atoms with Crippen molar-refractivity contribution in [1.29, 1.82) is 0 Å². The Bertz CT molecular complexity index is 981. The van der Waals surface area contributed by atoms with E-state index < -0.39 is 35.3 Å². The summed E-state index contributed by atoms with van der Waals surface area (Å²) in [5.74, 6) is -2.68. The van der Waals surface area contributed by atoms with Gasteiger partial charge in [0.2, 0.25) is 5.91 Å². The van der Waals surface area contributed by atoms with Crippen molar-refractivity contribution < 1.29 is 32.7 Å². The second-order valence-electron chi connectivity index (χ2n) is 11.8. The van der Waals surface area contributed by atoms with Gasteiger partial charge in [-0.3, -0.25) is 9.59 Å². The van der Waals surface area contributed by atoms with Gasteiger partial charge in [-0.2, -0.15) is 13.2 Å². The molecule has 34 heavy (non-hydrogen) atoms. The van der Waals surface area contributed by atoms with Crippen molar-refractivity contribution in [3.63, 3.8) is 0 Å². The quantitative estimate of drug-likeness (QED) is 0.577. The van der Waals surface area contributed by atoms with E-state index in [0.717, 1.165) is 51.5 Å². The van der Waals surface area contributed by atoms with Gasteiger partial charge in [0.1, 0.15) is 5.54 Å². The molecule has 188 valence electrons. The number of hydrogen-bond acceptors (Lipinski definition) is 3. The SMILES string of the molecule is CC(C)(NC(=O)[C@H]1CC[C@H]2[C@@H]3CC=C4C=C(C(=O)O)CC[C@]4(C)[C@H]3CC[C@]12C)C(=O)C(F)(F)F. The third-order valence-electron chi connectivity index (χ3n) is 9.62. The summed E-state index contributed by atoms with van der Waals surface area (Å²) in [5, 5.41) is 11.8. The average molecular weight is 482 g/mol. The van der Waals surface area contributed by atoms with Crippen LogP contribution in [0.5, 0.6) is 0 Å². The number of aliphatic carboxylic acids is 1. The fourth-order valence-electron chi connectivity index (χ4n) is 7.73.